The minimum Gasteiger partial charge on any atom is -0.487 e. The quantitative estimate of drug-likeness (QED) is 0.722. The van der Waals surface area contributed by atoms with E-state index in [-0.39, 0.29) is 0 Å². The Hall–Kier alpha value is -3.12. The number of ether oxygens (including phenoxy) is 1. The largest absolute Gasteiger partial charge is 0.487 e. The van der Waals surface area contributed by atoms with Gasteiger partial charge in [-0.3, -0.25) is 4.98 Å². The summed E-state index contributed by atoms with van der Waals surface area (Å²) >= 11 is 0. The summed E-state index contributed by atoms with van der Waals surface area (Å²) in [4.78, 5) is 3.91. The van der Waals surface area contributed by atoms with E-state index in [1.54, 1.807) is 12.3 Å². The highest BCUT2D eigenvalue weighted by Gasteiger charge is 2.03. The third-order valence-electron chi connectivity index (χ3n) is 3.36. The Balaban J connectivity index is 1.71. The van der Waals surface area contributed by atoms with E-state index in [9.17, 15) is 0 Å². The summed E-state index contributed by atoms with van der Waals surface area (Å²) in [6.45, 7) is 0.424. The van der Waals surface area contributed by atoms with Crippen molar-refractivity contribution in [2.24, 2.45) is 0 Å². The zero-order valence-electron chi connectivity index (χ0n) is 11.9. The molecule has 3 nitrogen and oxygen atoms in total. The predicted octanol–water partition coefficient (Wildman–Crippen LogP) is 4.20. The third-order valence-corrected chi connectivity index (χ3v) is 3.36. The van der Waals surface area contributed by atoms with Crippen LogP contribution in [0.3, 0.4) is 0 Å². The summed E-state index contributed by atoms with van der Waals surface area (Å²) in [5.41, 5.74) is 3.87. The van der Waals surface area contributed by atoms with Gasteiger partial charge in [0.2, 0.25) is 0 Å². The molecule has 0 unspecified atom stereocenters. The van der Waals surface area contributed by atoms with Crippen LogP contribution in [0.15, 0.2) is 73.1 Å². The number of aromatic nitrogens is 1. The Bertz CT molecular complexity index is 790. The summed E-state index contributed by atoms with van der Waals surface area (Å²) in [7, 11) is 0. The summed E-state index contributed by atoms with van der Waals surface area (Å²) in [6.07, 6.45) is 3.13. The molecule has 106 valence electrons. The van der Waals surface area contributed by atoms with E-state index in [1.807, 2.05) is 30.3 Å². The fourth-order valence-corrected chi connectivity index (χ4v) is 2.18. The second kappa shape index (κ2) is 6.55. The molecular formula is C19H14N2O. The van der Waals surface area contributed by atoms with Gasteiger partial charge in [0.1, 0.15) is 24.0 Å². The lowest BCUT2D eigenvalue weighted by atomic mass is 10.0. The van der Waals surface area contributed by atoms with Gasteiger partial charge in [-0.2, -0.15) is 5.26 Å². The number of hydrogen-bond donors (Lipinski definition) is 0. The van der Waals surface area contributed by atoms with Crippen molar-refractivity contribution in [3.8, 4) is 22.9 Å². The number of pyridine rings is 1. The van der Waals surface area contributed by atoms with Gasteiger partial charge in [-0.05, 0) is 22.8 Å². The SMILES string of the molecule is N#Cc1cnccc1OCc1ccc(-c2ccccc2)cc1. The highest BCUT2D eigenvalue weighted by Crippen LogP contribution is 2.21. The Morgan fingerprint density at radius 2 is 1.64 bits per heavy atom. The second-order valence-electron chi connectivity index (χ2n) is 4.84. The van der Waals surface area contributed by atoms with Gasteiger partial charge in [0.15, 0.2) is 0 Å². The molecule has 0 radical (unpaired) electrons. The molecule has 0 aliphatic carbocycles. The lowest BCUT2D eigenvalue weighted by Gasteiger charge is -2.08. The Labute approximate surface area is 129 Å². The first-order chi connectivity index (χ1) is 10.9. The molecule has 3 aromatic rings. The maximum atomic E-state index is 9.01. The second-order valence-corrected chi connectivity index (χ2v) is 4.84. The van der Waals surface area contributed by atoms with Crippen LogP contribution in [0, 0.1) is 11.3 Å². The van der Waals surface area contributed by atoms with E-state index in [0.717, 1.165) is 5.56 Å². The molecule has 1 heterocycles. The van der Waals surface area contributed by atoms with Gasteiger partial charge in [-0.1, -0.05) is 54.6 Å². The van der Waals surface area contributed by atoms with Crippen LogP contribution in [0.25, 0.3) is 11.1 Å². The lowest BCUT2D eigenvalue weighted by molar-refractivity contribution is 0.305. The van der Waals surface area contributed by atoms with Crippen molar-refractivity contribution in [2.45, 2.75) is 6.61 Å². The van der Waals surface area contributed by atoms with Crippen molar-refractivity contribution in [3.05, 3.63) is 84.2 Å². The van der Waals surface area contributed by atoms with Crippen LogP contribution in [0.2, 0.25) is 0 Å². The van der Waals surface area contributed by atoms with Gasteiger partial charge >= 0.3 is 0 Å². The van der Waals surface area contributed by atoms with Gasteiger partial charge in [0, 0.05) is 12.4 Å². The predicted molar refractivity (Wildman–Crippen MR) is 85.2 cm³/mol. The minimum absolute atomic E-state index is 0.424. The maximum absolute atomic E-state index is 9.01. The van der Waals surface area contributed by atoms with E-state index in [0.29, 0.717) is 17.9 Å². The van der Waals surface area contributed by atoms with Crippen molar-refractivity contribution >= 4 is 0 Å². The molecule has 0 atom stereocenters. The number of nitriles is 1. The van der Waals surface area contributed by atoms with Crippen LogP contribution in [-0.2, 0) is 6.61 Å². The van der Waals surface area contributed by atoms with E-state index >= 15 is 0 Å². The third kappa shape index (κ3) is 3.13. The van der Waals surface area contributed by atoms with E-state index < -0.39 is 0 Å². The van der Waals surface area contributed by atoms with Crippen LogP contribution in [0.1, 0.15) is 11.1 Å². The van der Waals surface area contributed by atoms with Gasteiger partial charge in [0.25, 0.3) is 0 Å². The van der Waals surface area contributed by atoms with Crippen LogP contribution < -0.4 is 4.74 Å². The molecule has 1 aromatic heterocycles. The smallest absolute Gasteiger partial charge is 0.140 e. The highest BCUT2D eigenvalue weighted by atomic mass is 16.5. The average Bonchev–Trinajstić information content (AvgIpc) is 2.61. The number of hydrogen-bond acceptors (Lipinski definition) is 3. The summed E-state index contributed by atoms with van der Waals surface area (Å²) in [5.74, 6) is 0.560. The fraction of sp³-hybridized carbons (Fsp3) is 0.0526. The molecule has 0 saturated carbocycles. The Morgan fingerprint density at radius 3 is 2.36 bits per heavy atom. The van der Waals surface area contributed by atoms with Crippen molar-refractivity contribution < 1.29 is 4.74 Å². The fourth-order valence-electron chi connectivity index (χ4n) is 2.18. The highest BCUT2D eigenvalue weighted by molar-refractivity contribution is 5.63. The lowest BCUT2D eigenvalue weighted by Crippen LogP contribution is -1.97. The van der Waals surface area contributed by atoms with Crippen LogP contribution in [0.5, 0.6) is 5.75 Å². The zero-order valence-corrected chi connectivity index (χ0v) is 11.9. The van der Waals surface area contributed by atoms with E-state index in [4.69, 9.17) is 10.00 Å². The van der Waals surface area contributed by atoms with Crippen molar-refractivity contribution in [2.75, 3.05) is 0 Å². The van der Waals surface area contributed by atoms with Crippen molar-refractivity contribution in [1.29, 1.82) is 5.26 Å². The molecule has 0 amide bonds. The standard InChI is InChI=1S/C19H14N2O/c20-12-18-13-21-11-10-19(18)22-14-15-6-8-17(9-7-15)16-4-2-1-3-5-16/h1-11,13H,14H2. The number of nitrogens with zero attached hydrogens (tertiary/aromatic N) is 2. The monoisotopic (exact) mass is 286 g/mol. The first-order valence-electron chi connectivity index (χ1n) is 6.98. The van der Waals surface area contributed by atoms with Crippen LogP contribution >= 0.6 is 0 Å². The number of rotatable bonds is 4. The molecular weight excluding hydrogens is 272 g/mol. The molecule has 3 heteroatoms. The molecule has 2 aromatic carbocycles. The van der Waals surface area contributed by atoms with E-state index in [1.165, 1.54) is 17.3 Å². The van der Waals surface area contributed by atoms with Gasteiger partial charge < -0.3 is 4.74 Å². The zero-order chi connectivity index (χ0) is 15.2. The molecule has 0 bridgehead atoms. The first kappa shape index (κ1) is 13.8. The summed E-state index contributed by atoms with van der Waals surface area (Å²) in [5, 5.41) is 9.01. The topological polar surface area (TPSA) is 45.9 Å². The summed E-state index contributed by atoms with van der Waals surface area (Å²) in [6, 6.07) is 22.2. The number of benzene rings is 2. The van der Waals surface area contributed by atoms with Gasteiger partial charge in [-0.15, -0.1) is 0 Å². The normalized spacial score (nSPS) is 9.95. The molecule has 0 aliphatic rings. The molecule has 0 aliphatic heterocycles. The minimum atomic E-state index is 0.424. The Kier molecular flexibility index (Phi) is 4.12. The van der Waals surface area contributed by atoms with E-state index in [2.05, 4.69) is 35.3 Å². The molecule has 0 N–H and O–H groups in total. The molecule has 0 spiro atoms. The maximum Gasteiger partial charge on any atom is 0.140 e. The average molecular weight is 286 g/mol. The molecule has 0 saturated heterocycles. The molecule has 3 rings (SSSR count). The Morgan fingerprint density at radius 1 is 0.909 bits per heavy atom. The van der Waals surface area contributed by atoms with Crippen LogP contribution in [-0.4, -0.2) is 4.98 Å². The van der Waals surface area contributed by atoms with Gasteiger partial charge in [0.05, 0.1) is 0 Å². The molecule has 22 heavy (non-hydrogen) atoms. The molecule has 0 fully saturated rings. The first-order valence-corrected chi connectivity index (χ1v) is 6.98. The van der Waals surface area contributed by atoms with Gasteiger partial charge in [-0.25, -0.2) is 0 Å². The van der Waals surface area contributed by atoms with Crippen molar-refractivity contribution in [1.82, 2.24) is 4.98 Å². The summed E-state index contributed by atoms with van der Waals surface area (Å²) < 4.78 is 5.70. The van der Waals surface area contributed by atoms with Crippen LogP contribution in [0.4, 0.5) is 0 Å². The van der Waals surface area contributed by atoms with Crippen molar-refractivity contribution in [3.63, 3.8) is 0 Å².